The van der Waals surface area contributed by atoms with Crippen LogP contribution in [0.1, 0.15) is 148 Å². The van der Waals surface area contributed by atoms with Crippen LogP contribution in [0.3, 0.4) is 0 Å². The third-order valence-corrected chi connectivity index (χ3v) is 18.7. The van der Waals surface area contributed by atoms with Gasteiger partial charge in [0.15, 0.2) is 10.8 Å². The minimum absolute atomic E-state index is 0.0498. The quantitative estimate of drug-likeness (QED) is 0.0378. The van der Waals surface area contributed by atoms with Crippen LogP contribution in [0, 0.1) is 29.6 Å². The summed E-state index contributed by atoms with van der Waals surface area (Å²) in [5, 5.41) is 28.5. The second-order valence-corrected chi connectivity index (χ2v) is 24.2. The summed E-state index contributed by atoms with van der Waals surface area (Å²) in [6, 6.07) is 21.6. The molecule has 4 saturated carbocycles. The van der Waals surface area contributed by atoms with Crippen LogP contribution < -0.4 is 26.2 Å². The number of imide groups is 1. The monoisotopic (exact) mass is 1080 g/mol. The standard InChI is InChI=1S/C61H66N10O7S/c1-36-19-21-48(54(73)65-36)71-55(74)43-15-12-17-47(51(43)56(71)75)62-24-9-5-3-4-6-10-25-63-58(78)61-30-38-27-39(31-61)29-60(28-38,34-61)35-70-37(2)44(32-64-70)41-20-22-50(67-52(41)57(76)77)69-26-23-40-13-11-14-42(45(40)33-69)53(72)68-59-66-46-16-7-8-18-49(46)79-59/h7-8,11-18,20,22,32,38-39,48,62H,1,3-6,9-10,19,21,23-31,33-35H2,2H3,(H,63,78)(H,65,73)(H,76,77)(H,66,68,72). The Labute approximate surface area is 462 Å². The number of pyridine rings is 1. The number of allylic oxidation sites excluding steroid dienone is 1. The summed E-state index contributed by atoms with van der Waals surface area (Å²) < 4.78 is 3.03. The predicted octanol–water partition coefficient (Wildman–Crippen LogP) is 9.92. The lowest BCUT2D eigenvalue weighted by molar-refractivity contribution is -0.159. The van der Waals surface area contributed by atoms with Gasteiger partial charge in [0.2, 0.25) is 11.8 Å². The topological polar surface area (TPSA) is 221 Å². The van der Waals surface area contributed by atoms with E-state index in [0.717, 1.165) is 108 Å². The summed E-state index contributed by atoms with van der Waals surface area (Å²) in [7, 11) is 0. The highest BCUT2D eigenvalue weighted by atomic mass is 32.1. The zero-order valence-corrected chi connectivity index (χ0v) is 45.4. The molecule has 3 unspecified atom stereocenters. The van der Waals surface area contributed by atoms with Crippen LogP contribution in [0.5, 0.6) is 0 Å². The number of para-hydroxylation sites is 1. The fourth-order valence-corrected chi connectivity index (χ4v) is 15.3. The summed E-state index contributed by atoms with van der Waals surface area (Å²) in [6.07, 6.45) is 15.2. The van der Waals surface area contributed by atoms with E-state index in [1.165, 1.54) is 17.8 Å². The molecular weight excluding hydrogens is 1020 g/mol. The van der Waals surface area contributed by atoms with Gasteiger partial charge < -0.3 is 26.0 Å². The first-order chi connectivity index (χ1) is 38.2. The lowest BCUT2D eigenvalue weighted by Gasteiger charge is -2.61. The molecule has 17 nitrogen and oxygen atoms in total. The summed E-state index contributed by atoms with van der Waals surface area (Å²) in [4.78, 5) is 92.9. The molecule has 3 atom stereocenters. The third kappa shape index (κ3) is 9.97. The number of fused-ring (bicyclic) bond motifs is 3. The zero-order valence-electron chi connectivity index (χ0n) is 44.6. The van der Waals surface area contributed by atoms with Crippen molar-refractivity contribution in [2.45, 2.75) is 122 Å². The lowest BCUT2D eigenvalue weighted by Crippen LogP contribution is -2.58. The van der Waals surface area contributed by atoms with E-state index in [2.05, 4.69) is 32.8 Å². The number of thiazole rings is 1. The molecule has 0 radical (unpaired) electrons. The van der Waals surface area contributed by atoms with Crippen LogP contribution in [0.4, 0.5) is 16.6 Å². The molecule has 3 aromatic heterocycles. The van der Waals surface area contributed by atoms with Crippen molar-refractivity contribution in [3.63, 3.8) is 0 Å². The fourth-order valence-electron chi connectivity index (χ4n) is 14.5. The number of unbranched alkanes of at least 4 members (excludes halogenated alkanes) is 5. The van der Waals surface area contributed by atoms with Gasteiger partial charge in [-0.25, -0.2) is 14.8 Å². The number of carboxylic acids is 1. The Morgan fingerprint density at radius 1 is 0.835 bits per heavy atom. The molecule has 3 aliphatic heterocycles. The van der Waals surface area contributed by atoms with Crippen LogP contribution in [-0.4, -0.2) is 90.9 Å². The van der Waals surface area contributed by atoms with E-state index in [-0.39, 0.29) is 34.2 Å². The molecule has 4 aliphatic carbocycles. The predicted molar refractivity (Wildman–Crippen MR) is 302 cm³/mol. The second-order valence-electron chi connectivity index (χ2n) is 23.1. The Morgan fingerprint density at radius 3 is 2.39 bits per heavy atom. The van der Waals surface area contributed by atoms with Gasteiger partial charge in [0.05, 0.1) is 33.0 Å². The highest BCUT2D eigenvalue weighted by Gasteiger charge is 2.60. The van der Waals surface area contributed by atoms with Crippen LogP contribution in [-0.2, 0) is 29.1 Å². The minimum Gasteiger partial charge on any atom is -0.476 e. The first-order valence-corrected chi connectivity index (χ1v) is 28.9. The number of hydrogen-bond acceptors (Lipinski definition) is 12. The van der Waals surface area contributed by atoms with Crippen molar-refractivity contribution in [3.8, 4) is 11.1 Å². The number of anilines is 3. The van der Waals surface area contributed by atoms with E-state index < -0.39 is 23.8 Å². The molecule has 408 valence electrons. The van der Waals surface area contributed by atoms with Crippen molar-refractivity contribution in [1.29, 1.82) is 0 Å². The number of benzene rings is 3. The average molecular weight is 1080 g/mol. The van der Waals surface area contributed by atoms with Gasteiger partial charge in [0, 0.05) is 66.5 Å². The molecule has 1 saturated heterocycles. The summed E-state index contributed by atoms with van der Waals surface area (Å²) in [5.74, 6) is -0.926. The van der Waals surface area contributed by atoms with Gasteiger partial charge in [-0.2, -0.15) is 5.10 Å². The number of piperidine rings is 1. The Kier molecular flexibility index (Phi) is 13.9. The molecule has 0 spiro atoms. The second kappa shape index (κ2) is 21.1. The van der Waals surface area contributed by atoms with Crippen molar-refractivity contribution < 1.29 is 33.9 Å². The molecule has 5 amide bonds. The fraction of sp³-hybridized carbons (Fsp3) is 0.426. The molecule has 3 aromatic carbocycles. The van der Waals surface area contributed by atoms with E-state index in [1.807, 2.05) is 77.2 Å². The number of carboxylic acid groups (broad SMARTS) is 1. The van der Waals surface area contributed by atoms with Crippen molar-refractivity contribution in [1.82, 2.24) is 35.3 Å². The number of hydrogen-bond donors (Lipinski definition) is 5. The highest BCUT2D eigenvalue weighted by molar-refractivity contribution is 7.22. The van der Waals surface area contributed by atoms with Crippen molar-refractivity contribution in [2.24, 2.45) is 22.7 Å². The van der Waals surface area contributed by atoms with Gasteiger partial charge in [-0.05, 0) is 148 Å². The summed E-state index contributed by atoms with van der Waals surface area (Å²) in [6.45, 7) is 8.79. The molecule has 5 N–H and O–H groups in total. The smallest absolute Gasteiger partial charge is 0.355 e. The zero-order chi connectivity index (χ0) is 54.6. The first kappa shape index (κ1) is 52.0. The van der Waals surface area contributed by atoms with Crippen LogP contribution in [0.2, 0.25) is 0 Å². The van der Waals surface area contributed by atoms with E-state index in [9.17, 15) is 33.9 Å². The highest BCUT2D eigenvalue weighted by Crippen LogP contribution is 2.66. The average Bonchev–Trinajstić information content (AvgIpc) is 4.17. The molecule has 6 aromatic rings. The number of rotatable bonds is 19. The maximum atomic E-state index is 14.3. The molecular formula is C61H66N10O7S. The first-order valence-electron chi connectivity index (χ1n) is 28.1. The Hall–Kier alpha value is -7.73. The number of nitrogens with zero attached hydrogens (tertiary/aromatic N) is 6. The molecule has 13 rings (SSSR count). The van der Waals surface area contributed by atoms with Gasteiger partial charge in [-0.15, -0.1) is 0 Å². The Bertz CT molecular complexity index is 3430. The van der Waals surface area contributed by atoms with Crippen molar-refractivity contribution >= 4 is 73.7 Å². The normalized spacial score (nSPS) is 23.0. The molecule has 6 heterocycles. The minimum atomic E-state index is -1.13. The van der Waals surface area contributed by atoms with Crippen LogP contribution in [0.15, 0.2) is 91.3 Å². The largest absolute Gasteiger partial charge is 0.476 e. The van der Waals surface area contributed by atoms with Gasteiger partial charge >= 0.3 is 5.97 Å². The third-order valence-electron chi connectivity index (χ3n) is 17.8. The molecule has 4 bridgehead atoms. The summed E-state index contributed by atoms with van der Waals surface area (Å²) in [5.41, 5.74) is 6.78. The number of carbonyl (C=O) groups excluding carboxylic acids is 5. The molecule has 79 heavy (non-hydrogen) atoms. The van der Waals surface area contributed by atoms with Crippen LogP contribution >= 0.6 is 11.3 Å². The van der Waals surface area contributed by atoms with Gasteiger partial charge in [0.1, 0.15) is 11.9 Å². The molecule has 7 aliphatic rings. The number of nitrogens with one attached hydrogen (secondary N) is 4. The Balaban J connectivity index is 0.625. The van der Waals surface area contributed by atoms with Crippen LogP contribution in [0.25, 0.3) is 21.3 Å². The number of amides is 5. The summed E-state index contributed by atoms with van der Waals surface area (Å²) >= 11 is 1.43. The van der Waals surface area contributed by atoms with Crippen molar-refractivity contribution in [3.05, 3.63) is 130 Å². The maximum absolute atomic E-state index is 14.3. The van der Waals surface area contributed by atoms with Gasteiger partial charge in [-0.3, -0.25) is 38.9 Å². The van der Waals surface area contributed by atoms with Crippen molar-refractivity contribution in [2.75, 3.05) is 35.2 Å². The van der Waals surface area contributed by atoms with E-state index in [0.29, 0.717) is 108 Å². The van der Waals surface area contributed by atoms with E-state index >= 15 is 0 Å². The maximum Gasteiger partial charge on any atom is 0.355 e. The SMILES string of the molecule is C=C1CCC(N2C(=O)c3cccc(NCCCCCCCCNC(=O)C45CC6CC(CC(Cn7ncc(-c8ccc(N9CCc%10cccc(C(=O)Nc%11nc%12ccccc%12s%11)c%10C9)nc8C(=O)O)c7C)(C6)C4)C5)c3C2=O)C(=O)N1. The van der Waals surface area contributed by atoms with E-state index in [4.69, 9.17) is 10.1 Å². The number of aromatic nitrogens is 4. The van der Waals surface area contributed by atoms with E-state index in [1.54, 1.807) is 18.3 Å². The van der Waals surface area contributed by atoms with Gasteiger partial charge in [-0.1, -0.05) is 73.9 Å². The molecule has 5 fully saturated rings. The number of carbonyl (C=O) groups is 6. The number of aromatic carboxylic acids is 1. The Morgan fingerprint density at radius 2 is 1.61 bits per heavy atom. The van der Waals surface area contributed by atoms with Gasteiger partial charge in [0.25, 0.3) is 17.7 Å². The lowest BCUT2D eigenvalue weighted by atomic mass is 9.44. The molecule has 18 heteroatoms.